The Morgan fingerprint density at radius 2 is 1.41 bits per heavy atom. The van der Waals surface area contributed by atoms with Crippen LogP contribution in [0.5, 0.6) is 0 Å². The highest BCUT2D eigenvalue weighted by molar-refractivity contribution is 5.82. The van der Waals surface area contributed by atoms with E-state index in [1.54, 1.807) is 0 Å². The molecule has 0 spiro atoms. The van der Waals surface area contributed by atoms with E-state index in [2.05, 4.69) is 21.6 Å². The number of hydroxylamine groups is 2. The molecule has 0 aromatic rings. The monoisotopic (exact) mass is 242 g/mol. The van der Waals surface area contributed by atoms with E-state index in [4.69, 9.17) is 4.94 Å². The molecule has 0 aromatic carbocycles. The van der Waals surface area contributed by atoms with Crippen LogP contribution < -0.4 is 21.6 Å². The van der Waals surface area contributed by atoms with Crippen molar-refractivity contribution in [2.24, 2.45) is 0 Å². The van der Waals surface area contributed by atoms with Crippen LogP contribution in [0.25, 0.3) is 0 Å². The van der Waals surface area contributed by atoms with Gasteiger partial charge in [-0.1, -0.05) is 0 Å². The van der Waals surface area contributed by atoms with Crippen LogP contribution in [0, 0.1) is 0 Å². The zero-order chi connectivity index (χ0) is 12.1. The maximum absolute atomic E-state index is 11.5. The second-order valence-electron chi connectivity index (χ2n) is 4.33. The molecule has 2 fully saturated rings. The minimum atomic E-state index is -0.248. The Kier molecular flexibility index (Phi) is 4.29. The Labute approximate surface area is 99.6 Å². The van der Waals surface area contributed by atoms with Gasteiger partial charge in [-0.3, -0.25) is 9.59 Å². The minimum absolute atomic E-state index is 0.212. The Morgan fingerprint density at radius 3 is 1.76 bits per heavy atom. The smallest absolute Gasteiger partial charge is 0.262 e. The quantitative estimate of drug-likeness (QED) is 0.454. The molecule has 2 aliphatic heterocycles. The molecule has 0 aromatic heterocycles. The predicted octanol–water partition coefficient (Wildman–Crippen LogP) is -1.43. The molecule has 2 rings (SSSR count). The van der Waals surface area contributed by atoms with Crippen LogP contribution >= 0.6 is 0 Å². The molecule has 2 aliphatic rings. The number of carbonyl (C=O) groups is 2. The van der Waals surface area contributed by atoms with E-state index in [1.807, 2.05) is 0 Å². The van der Waals surface area contributed by atoms with Crippen LogP contribution in [0.1, 0.15) is 25.7 Å². The summed E-state index contributed by atoms with van der Waals surface area (Å²) in [7, 11) is 0. The van der Waals surface area contributed by atoms with Gasteiger partial charge >= 0.3 is 0 Å². The molecule has 0 aliphatic carbocycles. The maximum atomic E-state index is 11.5. The lowest BCUT2D eigenvalue weighted by molar-refractivity contribution is -0.153. The Bertz CT molecular complexity index is 257. The summed E-state index contributed by atoms with van der Waals surface area (Å²) >= 11 is 0. The summed E-state index contributed by atoms with van der Waals surface area (Å²) in [6.45, 7) is 1.69. The van der Waals surface area contributed by atoms with Gasteiger partial charge in [0.05, 0.1) is 12.1 Å². The maximum Gasteiger partial charge on any atom is 0.262 e. The molecule has 96 valence electrons. The zero-order valence-electron chi connectivity index (χ0n) is 9.62. The highest BCUT2D eigenvalue weighted by atomic mass is 16.8. The number of rotatable bonds is 4. The van der Waals surface area contributed by atoms with Crippen molar-refractivity contribution in [3.63, 3.8) is 0 Å². The van der Waals surface area contributed by atoms with Gasteiger partial charge in [-0.05, 0) is 38.8 Å². The van der Waals surface area contributed by atoms with Crippen molar-refractivity contribution >= 4 is 11.8 Å². The van der Waals surface area contributed by atoms with Gasteiger partial charge in [0.15, 0.2) is 0 Å². The summed E-state index contributed by atoms with van der Waals surface area (Å²) in [6.07, 6.45) is 3.56. The number of hydrogen-bond acceptors (Lipinski definition) is 5. The van der Waals surface area contributed by atoms with E-state index in [-0.39, 0.29) is 23.9 Å². The second-order valence-corrected chi connectivity index (χ2v) is 4.33. The molecule has 2 atom stereocenters. The van der Waals surface area contributed by atoms with Crippen LogP contribution in [-0.2, 0) is 14.5 Å². The summed E-state index contributed by atoms with van der Waals surface area (Å²) in [5.41, 5.74) is 4.44. The van der Waals surface area contributed by atoms with Crippen LogP contribution in [-0.4, -0.2) is 37.0 Å². The summed E-state index contributed by atoms with van der Waals surface area (Å²) < 4.78 is 0. The number of amides is 2. The second kappa shape index (κ2) is 5.95. The molecule has 2 saturated heterocycles. The highest BCUT2D eigenvalue weighted by Gasteiger charge is 2.24. The lowest BCUT2D eigenvalue weighted by Gasteiger charge is -2.13. The average Bonchev–Trinajstić information content (AvgIpc) is 3.02. The summed E-state index contributed by atoms with van der Waals surface area (Å²) in [6, 6.07) is -0.423. The van der Waals surface area contributed by atoms with Gasteiger partial charge < -0.3 is 10.6 Å². The van der Waals surface area contributed by atoms with E-state index >= 15 is 0 Å². The molecule has 2 heterocycles. The standard InChI is InChI=1S/C10H18N4O3/c15-9(7-3-1-5-11-7)13-17-14-10(16)8-4-2-6-12-8/h7-8,11-12H,1-6H2,(H,13,15)(H,14,16)/t7-,8-/m0/s1. The van der Waals surface area contributed by atoms with Crippen LogP contribution in [0.15, 0.2) is 0 Å². The zero-order valence-corrected chi connectivity index (χ0v) is 9.62. The first-order valence-electron chi connectivity index (χ1n) is 5.99. The van der Waals surface area contributed by atoms with Crippen LogP contribution in [0.3, 0.4) is 0 Å². The number of hydrogen-bond donors (Lipinski definition) is 4. The van der Waals surface area contributed by atoms with Gasteiger partial charge in [-0.25, -0.2) is 11.0 Å². The van der Waals surface area contributed by atoms with Crippen molar-refractivity contribution in [2.75, 3.05) is 13.1 Å². The van der Waals surface area contributed by atoms with Crippen LogP contribution in [0.4, 0.5) is 0 Å². The SMILES string of the molecule is O=C(NONC(=O)[C@@H]1CCCN1)[C@@H]1CCCN1. The van der Waals surface area contributed by atoms with Gasteiger partial charge in [0.25, 0.3) is 11.8 Å². The Morgan fingerprint density at radius 1 is 0.941 bits per heavy atom. The molecular formula is C10H18N4O3. The first kappa shape index (κ1) is 12.3. The molecule has 2 amide bonds. The number of carbonyl (C=O) groups excluding carboxylic acids is 2. The molecule has 4 N–H and O–H groups in total. The first-order valence-corrected chi connectivity index (χ1v) is 5.99. The van der Waals surface area contributed by atoms with Crippen molar-refractivity contribution in [3.8, 4) is 0 Å². The molecule has 7 nitrogen and oxygen atoms in total. The van der Waals surface area contributed by atoms with Crippen molar-refractivity contribution in [3.05, 3.63) is 0 Å². The lowest BCUT2D eigenvalue weighted by Crippen LogP contribution is -2.47. The third-order valence-electron chi connectivity index (χ3n) is 3.06. The fourth-order valence-corrected chi connectivity index (χ4v) is 2.09. The molecule has 0 saturated carbocycles. The molecule has 17 heavy (non-hydrogen) atoms. The Hall–Kier alpha value is -1.18. The van der Waals surface area contributed by atoms with Gasteiger partial charge in [0.2, 0.25) is 0 Å². The summed E-state index contributed by atoms with van der Waals surface area (Å²) in [5, 5.41) is 6.07. The molecule has 0 radical (unpaired) electrons. The minimum Gasteiger partial charge on any atom is -0.306 e. The van der Waals surface area contributed by atoms with E-state index in [0.717, 1.165) is 38.8 Å². The van der Waals surface area contributed by atoms with E-state index in [9.17, 15) is 9.59 Å². The first-order chi connectivity index (χ1) is 8.27. The van der Waals surface area contributed by atoms with E-state index in [0.29, 0.717) is 0 Å². The fraction of sp³-hybridized carbons (Fsp3) is 0.800. The largest absolute Gasteiger partial charge is 0.306 e. The van der Waals surface area contributed by atoms with Crippen molar-refractivity contribution in [1.29, 1.82) is 0 Å². The topological polar surface area (TPSA) is 91.5 Å². The molecule has 7 heteroatoms. The van der Waals surface area contributed by atoms with Crippen molar-refractivity contribution in [1.82, 2.24) is 21.6 Å². The van der Waals surface area contributed by atoms with Crippen molar-refractivity contribution in [2.45, 2.75) is 37.8 Å². The van der Waals surface area contributed by atoms with E-state index < -0.39 is 0 Å². The number of nitrogens with one attached hydrogen (secondary N) is 4. The summed E-state index contributed by atoms with van der Waals surface area (Å²) in [4.78, 5) is 27.7. The third-order valence-corrected chi connectivity index (χ3v) is 3.06. The third kappa shape index (κ3) is 3.39. The van der Waals surface area contributed by atoms with Crippen LogP contribution in [0.2, 0.25) is 0 Å². The predicted molar refractivity (Wildman–Crippen MR) is 59.4 cm³/mol. The average molecular weight is 242 g/mol. The Balaban J connectivity index is 1.61. The summed E-state index contributed by atoms with van der Waals surface area (Å²) in [5.74, 6) is -0.496. The van der Waals surface area contributed by atoms with Gasteiger partial charge in [0, 0.05) is 0 Å². The van der Waals surface area contributed by atoms with E-state index in [1.165, 1.54) is 0 Å². The fourth-order valence-electron chi connectivity index (χ4n) is 2.09. The van der Waals surface area contributed by atoms with Gasteiger partial charge in [0.1, 0.15) is 0 Å². The van der Waals surface area contributed by atoms with Gasteiger partial charge in [-0.2, -0.15) is 4.94 Å². The molecule has 0 bridgehead atoms. The van der Waals surface area contributed by atoms with Gasteiger partial charge in [-0.15, -0.1) is 0 Å². The normalized spacial score (nSPS) is 28.0. The van der Waals surface area contributed by atoms with Crippen molar-refractivity contribution < 1.29 is 14.5 Å². The highest BCUT2D eigenvalue weighted by Crippen LogP contribution is 2.05. The molecular weight excluding hydrogens is 224 g/mol. The lowest BCUT2D eigenvalue weighted by atomic mass is 10.2. The molecule has 0 unspecified atom stereocenters.